The minimum atomic E-state index is -0.364. The zero-order chi connectivity index (χ0) is 15.7. The van der Waals surface area contributed by atoms with E-state index in [-0.39, 0.29) is 23.7 Å². The lowest BCUT2D eigenvalue weighted by atomic mass is 10.0. The quantitative estimate of drug-likeness (QED) is 0.866. The monoisotopic (exact) mass is 298 g/mol. The number of hydrogen-bond donors (Lipinski definition) is 0. The standard InChI is InChI=1S/C18H19FN2O/c1-12-10-15(12)18(22)21(2)17(16-8-3-4-9-20-16)13-6-5-7-14(19)11-13/h3-9,11-12,15,17H,10H2,1-2H3/t12-,15+,17+/m1/s1. The lowest BCUT2D eigenvalue weighted by Crippen LogP contribution is -2.34. The number of rotatable bonds is 4. The van der Waals surface area contributed by atoms with E-state index >= 15 is 0 Å². The molecule has 1 aromatic heterocycles. The first-order chi connectivity index (χ1) is 10.6. The molecule has 3 nitrogen and oxygen atoms in total. The smallest absolute Gasteiger partial charge is 0.226 e. The molecule has 2 aromatic rings. The Balaban J connectivity index is 1.98. The summed E-state index contributed by atoms with van der Waals surface area (Å²) in [6.07, 6.45) is 2.63. The highest BCUT2D eigenvalue weighted by molar-refractivity contribution is 5.82. The summed E-state index contributed by atoms with van der Waals surface area (Å²) in [5, 5.41) is 0. The molecule has 1 aliphatic carbocycles. The molecule has 0 N–H and O–H groups in total. The molecular weight excluding hydrogens is 279 g/mol. The van der Waals surface area contributed by atoms with E-state index in [9.17, 15) is 9.18 Å². The average Bonchev–Trinajstić information content (AvgIpc) is 3.25. The maximum atomic E-state index is 13.6. The van der Waals surface area contributed by atoms with Crippen LogP contribution in [-0.2, 0) is 4.79 Å². The van der Waals surface area contributed by atoms with Crippen molar-refractivity contribution in [2.24, 2.45) is 11.8 Å². The Hall–Kier alpha value is -2.23. The Kier molecular flexibility index (Phi) is 3.92. The minimum absolute atomic E-state index is 0.0878. The molecule has 4 heteroatoms. The van der Waals surface area contributed by atoms with E-state index in [2.05, 4.69) is 11.9 Å². The number of aromatic nitrogens is 1. The first-order valence-corrected chi connectivity index (χ1v) is 7.51. The van der Waals surface area contributed by atoms with Gasteiger partial charge >= 0.3 is 0 Å². The Morgan fingerprint density at radius 2 is 2.09 bits per heavy atom. The molecule has 0 spiro atoms. The van der Waals surface area contributed by atoms with E-state index in [1.165, 1.54) is 12.1 Å². The number of carbonyl (C=O) groups excluding carboxylic acids is 1. The van der Waals surface area contributed by atoms with Crippen molar-refractivity contribution in [1.29, 1.82) is 0 Å². The molecule has 0 saturated heterocycles. The van der Waals surface area contributed by atoms with Crippen molar-refractivity contribution in [3.05, 3.63) is 65.7 Å². The van der Waals surface area contributed by atoms with Crippen molar-refractivity contribution in [2.45, 2.75) is 19.4 Å². The zero-order valence-corrected chi connectivity index (χ0v) is 12.7. The molecule has 0 aliphatic heterocycles. The molecule has 0 radical (unpaired) electrons. The van der Waals surface area contributed by atoms with E-state index in [1.54, 1.807) is 24.2 Å². The Labute approximate surface area is 129 Å². The predicted molar refractivity (Wildman–Crippen MR) is 82.5 cm³/mol. The van der Waals surface area contributed by atoms with Crippen LogP contribution in [0.3, 0.4) is 0 Å². The highest BCUT2D eigenvalue weighted by Gasteiger charge is 2.42. The summed E-state index contributed by atoms with van der Waals surface area (Å²) >= 11 is 0. The molecule has 1 fully saturated rings. The first kappa shape index (κ1) is 14.7. The molecule has 1 aromatic carbocycles. The third-order valence-corrected chi connectivity index (χ3v) is 4.29. The van der Waals surface area contributed by atoms with Crippen LogP contribution >= 0.6 is 0 Å². The van der Waals surface area contributed by atoms with Gasteiger partial charge in [-0.25, -0.2) is 4.39 Å². The van der Waals surface area contributed by atoms with E-state index in [0.29, 0.717) is 5.92 Å². The topological polar surface area (TPSA) is 33.2 Å². The van der Waals surface area contributed by atoms with E-state index in [1.807, 2.05) is 24.3 Å². The van der Waals surface area contributed by atoms with Crippen LogP contribution in [-0.4, -0.2) is 22.8 Å². The third kappa shape index (κ3) is 2.86. The largest absolute Gasteiger partial charge is 0.333 e. The highest BCUT2D eigenvalue weighted by atomic mass is 19.1. The number of nitrogens with zero attached hydrogens (tertiary/aromatic N) is 2. The zero-order valence-electron chi connectivity index (χ0n) is 12.7. The minimum Gasteiger partial charge on any atom is -0.333 e. The average molecular weight is 298 g/mol. The van der Waals surface area contributed by atoms with Gasteiger partial charge in [0.1, 0.15) is 5.82 Å². The number of hydrogen-bond acceptors (Lipinski definition) is 2. The summed E-state index contributed by atoms with van der Waals surface area (Å²) in [5.41, 5.74) is 1.49. The van der Waals surface area contributed by atoms with Crippen molar-refractivity contribution in [3.8, 4) is 0 Å². The Morgan fingerprint density at radius 1 is 1.32 bits per heavy atom. The second kappa shape index (κ2) is 5.87. The number of pyridine rings is 1. The van der Waals surface area contributed by atoms with Crippen molar-refractivity contribution in [2.75, 3.05) is 7.05 Å². The molecular formula is C18H19FN2O. The van der Waals surface area contributed by atoms with E-state index in [0.717, 1.165) is 17.7 Å². The van der Waals surface area contributed by atoms with Gasteiger partial charge in [0, 0.05) is 19.2 Å². The summed E-state index contributed by atoms with van der Waals surface area (Å²) in [6.45, 7) is 2.08. The van der Waals surface area contributed by atoms with Crippen molar-refractivity contribution < 1.29 is 9.18 Å². The van der Waals surface area contributed by atoms with Gasteiger partial charge in [-0.3, -0.25) is 9.78 Å². The van der Waals surface area contributed by atoms with Crippen LogP contribution in [0.4, 0.5) is 4.39 Å². The fraction of sp³-hybridized carbons (Fsp3) is 0.333. The molecule has 3 rings (SSSR count). The predicted octanol–water partition coefficient (Wildman–Crippen LogP) is 3.42. The lowest BCUT2D eigenvalue weighted by molar-refractivity contribution is -0.133. The summed E-state index contributed by atoms with van der Waals surface area (Å²) in [7, 11) is 1.78. The van der Waals surface area contributed by atoms with Crippen molar-refractivity contribution >= 4 is 5.91 Å². The molecule has 22 heavy (non-hydrogen) atoms. The maximum Gasteiger partial charge on any atom is 0.226 e. The van der Waals surface area contributed by atoms with Crippen LogP contribution in [0.5, 0.6) is 0 Å². The second-order valence-electron chi connectivity index (χ2n) is 5.98. The van der Waals surface area contributed by atoms with Gasteiger partial charge in [-0.1, -0.05) is 25.1 Å². The van der Waals surface area contributed by atoms with Gasteiger partial charge in [0.25, 0.3) is 0 Å². The Morgan fingerprint density at radius 3 is 2.68 bits per heavy atom. The third-order valence-electron chi connectivity index (χ3n) is 4.29. The van der Waals surface area contributed by atoms with Crippen LogP contribution < -0.4 is 0 Å². The van der Waals surface area contributed by atoms with Crippen molar-refractivity contribution in [1.82, 2.24) is 9.88 Å². The molecule has 1 heterocycles. The van der Waals surface area contributed by atoms with Gasteiger partial charge in [-0.15, -0.1) is 0 Å². The number of benzene rings is 1. The van der Waals surface area contributed by atoms with Crippen molar-refractivity contribution in [3.63, 3.8) is 0 Å². The van der Waals surface area contributed by atoms with Crippen LogP contribution in [0.2, 0.25) is 0 Å². The van der Waals surface area contributed by atoms with Gasteiger partial charge in [-0.2, -0.15) is 0 Å². The highest BCUT2D eigenvalue weighted by Crippen LogP contribution is 2.41. The van der Waals surface area contributed by atoms with Crippen LogP contribution in [0.1, 0.15) is 30.6 Å². The van der Waals surface area contributed by atoms with Crippen LogP contribution in [0, 0.1) is 17.7 Å². The lowest BCUT2D eigenvalue weighted by Gasteiger charge is -2.28. The van der Waals surface area contributed by atoms with Gasteiger partial charge in [0.05, 0.1) is 11.7 Å². The Bertz CT molecular complexity index is 674. The fourth-order valence-electron chi connectivity index (χ4n) is 2.86. The van der Waals surface area contributed by atoms with Gasteiger partial charge in [0.2, 0.25) is 5.91 Å². The number of halogens is 1. The summed E-state index contributed by atoms with van der Waals surface area (Å²) in [6, 6.07) is 11.6. The van der Waals surface area contributed by atoms with Gasteiger partial charge in [-0.05, 0) is 42.2 Å². The van der Waals surface area contributed by atoms with Crippen LogP contribution in [0.25, 0.3) is 0 Å². The molecule has 1 saturated carbocycles. The second-order valence-corrected chi connectivity index (χ2v) is 5.98. The fourth-order valence-corrected chi connectivity index (χ4v) is 2.86. The molecule has 0 bridgehead atoms. The normalized spacial score (nSPS) is 21.2. The van der Waals surface area contributed by atoms with E-state index in [4.69, 9.17) is 0 Å². The SMILES string of the molecule is C[C@@H]1C[C@@H]1C(=O)N(C)[C@@H](c1cccc(F)c1)c1ccccn1. The molecule has 0 unspecified atom stereocenters. The summed E-state index contributed by atoms with van der Waals surface area (Å²) in [5.74, 6) is 0.322. The summed E-state index contributed by atoms with van der Waals surface area (Å²) in [4.78, 5) is 18.7. The molecule has 114 valence electrons. The molecule has 3 atom stereocenters. The summed E-state index contributed by atoms with van der Waals surface area (Å²) < 4.78 is 13.6. The number of amides is 1. The number of carbonyl (C=O) groups is 1. The molecule has 1 amide bonds. The maximum absolute atomic E-state index is 13.6. The van der Waals surface area contributed by atoms with E-state index < -0.39 is 0 Å². The van der Waals surface area contributed by atoms with Gasteiger partial charge < -0.3 is 4.90 Å². The molecule has 1 aliphatic rings. The van der Waals surface area contributed by atoms with Gasteiger partial charge in [0.15, 0.2) is 0 Å². The first-order valence-electron chi connectivity index (χ1n) is 7.51. The van der Waals surface area contributed by atoms with Crippen LogP contribution in [0.15, 0.2) is 48.7 Å².